The molecule has 3 nitrogen and oxygen atoms in total. The summed E-state index contributed by atoms with van der Waals surface area (Å²) in [5.41, 5.74) is 6.49. The second-order valence-corrected chi connectivity index (χ2v) is 5.86. The third-order valence-corrected chi connectivity index (χ3v) is 4.31. The van der Waals surface area contributed by atoms with Crippen molar-refractivity contribution in [2.45, 2.75) is 13.3 Å². The molecule has 0 heterocycles. The number of nitrogens with zero attached hydrogens (tertiary/aromatic N) is 2. The van der Waals surface area contributed by atoms with Crippen LogP contribution in [0.2, 0.25) is 0 Å². The van der Waals surface area contributed by atoms with Gasteiger partial charge in [0.15, 0.2) is 11.6 Å². The molecular formula is C20H18F3N3. The van der Waals surface area contributed by atoms with Gasteiger partial charge in [-0.2, -0.15) is 0 Å². The van der Waals surface area contributed by atoms with E-state index in [4.69, 9.17) is 5.73 Å². The van der Waals surface area contributed by atoms with Gasteiger partial charge in [0.1, 0.15) is 11.5 Å². The topological polar surface area (TPSA) is 41.6 Å². The smallest absolute Gasteiger partial charge is 0.201 e. The highest BCUT2D eigenvalue weighted by atomic mass is 19.1. The standard InChI is InChI=1S/C20H18F3N3/c1-3-12-8-9-16(22)19(18(12)23)25-20(24)26(2)17-11-10-15(21)13-6-4-5-7-14(13)17/h4-11H,3H2,1-2H3,(H2,24,25). The summed E-state index contributed by atoms with van der Waals surface area (Å²) in [6, 6.07) is 12.3. The minimum atomic E-state index is -0.792. The first-order valence-electron chi connectivity index (χ1n) is 8.16. The van der Waals surface area contributed by atoms with Gasteiger partial charge in [0.25, 0.3) is 0 Å². The van der Waals surface area contributed by atoms with Crippen LogP contribution in [0.3, 0.4) is 0 Å². The summed E-state index contributed by atoms with van der Waals surface area (Å²) in [4.78, 5) is 5.42. The number of aliphatic imine (C=N–C) groups is 1. The van der Waals surface area contributed by atoms with E-state index in [0.717, 1.165) is 0 Å². The molecule has 0 fully saturated rings. The molecule has 0 spiro atoms. The first kappa shape index (κ1) is 17.8. The Hall–Kier alpha value is -3.02. The fourth-order valence-corrected chi connectivity index (χ4v) is 2.81. The van der Waals surface area contributed by atoms with Crippen LogP contribution in [0.25, 0.3) is 10.8 Å². The third kappa shape index (κ3) is 3.10. The van der Waals surface area contributed by atoms with Crippen molar-refractivity contribution in [3.63, 3.8) is 0 Å². The van der Waals surface area contributed by atoms with Crippen molar-refractivity contribution < 1.29 is 13.2 Å². The van der Waals surface area contributed by atoms with Crippen LogP contribution in [-0.2, 0) is 6.42 Å². The number of halogens is 3. The average Bonchev–Trinajstić information content (AvgIpc) is 2.65. The minimum Gasteiger partial charge on any atom is -0.369 e. The monoisotopic (exact) mass is 357 g/mol. The molecule has 0 unspecified atom stereocenters. The van der Waals surface area contributed by atoms with Crippen LogP contribution in [0.15, 0.2) is 53.5 Å². The lowest BCUT2D eigenvalue weighted by molar-refractivity contribution is 0.577. The molecule has 0 aliphatic rings. The van der Waals surface area contributed by atoms with Crippen molar-refractivity contribution >= 4 is 28.1 Å². The molecule has 0 atom stereocenters. The van der Waals surface area contributed by atoms with Gasteiger partial charge in [-0.1, -0.05) is 37.3 Å². The molecule has 0 bridgehead atoms. The number of anilines is 1. The summed E-state index contributed by atoms with van der Waals surface area (Å²) < 4.78 is 42.4. The molecule has 0 radical (unpaired) electrons. The number of hydrogen-bond acceptors (Lipinski definition) is 1. The van der Waals surface area contributed by atoms with E-state index in [9.17, 15) is 13.2 Å². The number of guanidine groups is 1. The lowest BCUT2D eigenvalue weighted by atomic mass is 10.1. The zero-order chi connectivity index (χ0) is 18.8. The van der Waals surface area contributed by atoms with Crippen LogP contribution in [0.1, 0.15) is 12.5 Å². The largest absolute Gasteiger partial charge is 0.369 e. The van der Waals surface area contributed by atoms with E-state index >= 15 is 0 Å². The summed E-state index contributed by atoms with van der Waals surface area (Å²) in [6.45, 7) is 1.77. The number of aryl methyl sites for hydroxylation is 1. The number of fused-ring (bicyclic) bond motifs is 1. The van der Waals surface area contributed by atoms with Crippen LogP contribution in [0.4, 0.5) is 24.5 Å². The molecule has 0 aliphatic carbocycles. The van der Waals surface area contributed by atoms with E-state index in [1.54, 1.807) is 44.3 Å². The number of nitrogens with two attached hydrogens (primary N) is 1. The third-order valence-electron chi connectivity index (χ3n) is 4.31. The molecule has 0 saturated carbocycles. The van der Waals surface area contributed by atoms with Crippen molar-refractivity contribution in [3.8, 4) is 0 Å². The van der Waals surface area contributed by atoms with E-state index in [0.29, 0.717) is 28.4 Å². The second kappa shape index (κ2) is 7.07. The maximum Gasteiger partial charge on any atom is 0.201 e. The summed E-state index contributed by atoms with van der Waals surface area (Å²) in [6.07, 6.45) is 0.410. The molecule has 2 N–H and O–H groups in total. The van der Waals surface area contributed by atoms with Crippen LogP contribution in [-0.4, -0.2) is 13.0 Å². The molecule has 3 aromatic rings. The Morgan fingerprint density at radius 2 is 1.62 bits per heavy atom. The van der Waals surface area contributed by atoms with Crippen molar-refractivity contribution in [2.24, 2.45) is 10.7 Å². The van der Waals surface area contributed by atoms with Crippen LogP contribution in [0.5, 0.6) is 0 Å². The maximum absolute atomic E-state index is 14.4. The van der Waals surface area contributed by atoms with Gasteiger partial charge in [-0.05, 0) is 30.2 Å². The van der Waals surface area contributed by atoms with Gasteiger partial charge in [-0.15, -0.1) is 0 Å². The van der Waals surface area contributed by atoms with E-state index in [1.165, 1.54) is 23.1 Å². The summed E-state index contributed by atoms with van der Waals surface area (Å²) in [7, 11) is 1.61. The first-order valence-corrected chi connectivity index (χ1v) is 8.16. The Balaban J connectivity index is 2.08. The second-order valence-electron chi connectivity index (χ2n) is 5.86. The van der Waals surface area contributed by atoms with Crippen LogP contribution in [0, 0.1) is 17.5 Å². The molecular weight excluding hydrogens is 339 g/mol. The van der Waals surface area contributed by atoms with Gasteiger partial charge in [0.05, 0.1) is 5.69 Å². The fraction of sp³-hybridized carbons (Fsp3) is 0.150. The molecule has 0 aromatic heterocycles. The van der Waals surface area contributed by atoms with E-state index in [2.05, 4.69) is 4.99 Å². The zero-order valence-electron chi connectivity index (χ0n) is 14.4. The van der Waals surface area contributed by atoms with E-state index in [1.807, 2.05) is 0 Å². The molecule has 26 heavy (non-hydrogen) atoms. The Bertz CT molecular complexity index is 999. The van der Waals surface area contributed by atoms with Gasteiger partial charge in [-0.25, -0.2) is 18.2 Å². The molecule has 0 saturated heterocycles. The van der Waals surface area contributed by atoms with Gasteiger partial charge >= 0.3 is 0 Å². The Labute approximate surface area is 149 Å². The SMILES string of the molecule is CCc1ccc(F)c(N=C(N)N(C)c2ccc(F)c3ccccc23)c1F. The van der Waals surface area contributed by atoms with Crippen LogP contribution >= 0.6 is 0 Å². The fourth-order valence-electron chi connectivity index (χ4n) is 2.81. The van der Waals surface area contributed by atoms with Gasteiger partial charge in [-0.3, -0.25) is 0 Å². The molecule has 6 heteroatoms. The minimum absolute atomic E-state index is 0.104. The van der Waals surface area contributed by atoms with Crippen molar-refractivity contribution in [1.82, 2.24) is 0 Å². The number of rotatable bonds is 3. The Morgan fingerprint density at radius 3 is 2.31 bits per heavy atom. The molecule has 3 rings (SSSR count). The van der Waals surface area contributed by atoms with Gasteiger partial charge in [0.2, 0.25) is 5.96 Å². The van der Waals surface area contributed by atoms with E-state index < -0.39 is 17.3 Å². The Kier molecular flexibility index (Phi) is 4.84. The van der Waals surface area contributed by atoms with Crippen LogP contribution < -0.4 is 10.6 Å². The summed E-state index contributed by atoms with van der Waals surface area (Å²) >= 11 is 0. The highest BCUT2D eigenvalue weighted by Gasteiger charge is 2.16. The summed E-state index contributed by atoms with van der Waals surface area (Å²) in [5, 5.41) is 1.05. The quantitative estimate of drug-likeness (QED) is 0.535. The lowest BCUT2D eigenvalue weighted by Crippen LogP contribution is -2.33. The highest BCUT2D eigenvalue weighted by Crippen LogP contribution is 2.30. The number of benzene rings is 3. The highest BCUT2D eigenvalue weighted by molar-refractivity contribution is 6.04. The van der Waals surface area contributed by atoms with E-state index in [-0.39, 0.29) is 11.8 Å². The Morgan fingerprint density at radius 1 is 0.962 bits per heavy atom. The molecule has 134 valence electrons. The molecule has 0 amide bonds. The van der Waals surface area contributed by atoms with Gasteiger partial charge in [0, 0.05) is 17.8 Å². The number of hydrogen-bond donors (Lipinski definition) is 1. The van der Waals surface area contributed by atoms with Crippen molar-refractivity contribution in [3.05, 3.63) is 71.5 Å². The molecule has 0 aliphatic heterocycles. The first-order chi connectivity index (χ1) is 12.4. The predicted molar refractivity (Wildman–Crippen MR) is 99.3 cm³/mol. The molecule has 3 aromatic carbocycles. The summed E-state index contributed by atoms with van der Waals surface area (Å²) in [5.74, 6) is -1.98. The van der Waals surface area contributed by atoms with Gasteiger partial charge < -0.3 is 10.6 Å². The predicted octanol–water partition coefficient (Wildman–Crippen LogP) is 4.90. The lowest BCUT2D eigenvalue weighted by Gasteiger charge is -2.20. The zero-order valence-corrected chi connectivity index (χ0v) is 14.4. The normalized spacial score (nSPS) is 11.8. The maximum atomic E-state index is 14.4. The van der Waals surface area contributed by atoms with Crippen molar-refractivity contribution in [1.29, 1.82) is 0 Å². The van der Waals surface area contributed by atoms with Crippen molar-refractivity contribution in [2.75, 3.05) is 11.9 Å². The average molecular weight is 357 g/mol.